The number of nitrogens with zero attached hydrogens (tertiary/aromatic N) is 1. The summed E-state index contributed by atoms with van der Waals surface area (Å²) in [6.07, 6.45) is 1.37. The van der Waals surface area contributed by atoms with Gasteiger partial charge in [0.05, 0.1) is 5.69 Å². The van der Waals surface area contributed by atoms with Gasteiger partial charge in [-0.1, -0.05) is 11.8 Å². The third kappa shape index (κ3) is 3.21. The summed E-state index contributed by atoms with van der Waals surface area (Å²) in [6.45, 7) is 0. The summed E-state index contributed by atoms with van der Waals surface area (Å²) in [7, 11) is 0. The highest BCUT2D eigenvalue weighted by Crippen LogP contribution is 2.34. The van der Waals surface area contributed by atoms with Crippen LogP contribution >= 0.6 is 27.7 Å². The van der Waals surface area contributed by atoms with E-state index in [0.717, 1.165) is 0 Å². The maximum absolute atomic E-state index is 12.0. The van der Waals surface area contributed by atoms with Crippen LogP contribution in [0.2, 0.25) is 0 Å². The van der Waals surface area contributed by atoms with Crippen LogP contribution in [0.1, 0.15) is 0 Å². The molecule has 0 amide bonds. The number of benzene rings is 1. The van der Waals surface area contributed by atoms with Crippen molar-refractivity contribution >= 4 is 39.5 Å². The number of hydrogen-bond donors (Lipinski definition) is 0. The van der Waals surface area contributed by atoms with E-state index in [0.29, 0.717) is 26.8 Å². The minimum absolute atomic E-state index is 0.380. The highest BCUT2D eigenvalue weighted by molar-refractivity contribution is 9.10. The highest BCUT2D eigenvalue weighted by Gasteiger charge is 2.08. The minimum atomic E-state index is -2.47. The van der Waals surface area contributed by atoms with Crippen LogP contribution in [0.25, 0.3) is 0 Å². The van der Waals surface area contributed by atoms with Gasteiger partial charge in [-0.3, -0.25) is 0 Å². The van der Waals surface area contributed by atoms with Gasteiger partial charge in [0.2, 0.25) is 6.08 Å². The summed E-state index contributed by atoms with van der Waals surface area (Å²) in [5.41, 5.74) is 0.380. The van der Waals surface area contributed by atoms with Crippen molar-refractivity contribution in [3.63, 3.8) is 0 Å². The number of hydrogen-bond acceptors (Lipinski definition) is 3. The minimum Gasteiger partial charge on any atom is -0.211 e. The van der Waals surface area contributed by atoms with Crippen molar-refractivity contribution in [2.75, 3.05) is 0 Å². The van der Waals surface area contributed by atoms with E-state index in [1.807, 2.05) is 0 Å². The van der Waals surface area contributed by atoms with E-state index < -0.39 is 5.76 Å². The first-order chi connectivity index (χ1) is 6.63. The molecule has 1 aromatic rings. The van der Waals surface area contributed by atoms with Gasteiger partial charge in [0.15, 0.2) is 0 Å². The van der Waals surface area contributed by atoms with Crippen molar-refractivity contribution in [2.24, 2.45) is 4.99 Å². The fraction of sp³-hybridized carbons (Fsp3) is 0.125. The molecule has 0 N–H and O–H groups in total. The Kier molecular flexibility index (Phi) is 4.25. The van der Waals surface area contributed by atoms with Crippen LogP contribution < -0.4 is 0 Å². The molecule has 0 radical (unpaired) electrons. The zero-order valence-electron chi connectivity index (χ0n) is 6.71. The molecule has 0 saturated heterocycles. The zero-order valence-corrected chi connectivity index (χ0v) is 9.11. The lowest BCUT2D eigenvalue weighted by Crippen LogP contribution is -1.82. The summed E-state index contributed by atoms with van der Waals surface area (Å²) in [5, 5.41) is 0. The van der Waals surface area contributed by atoms with Crippen molar-refractivity contribution in [3.05, 3.63) is 22.7 Å². The van der Waals surface area contributed by atoms with Crippen LogP contribution in [0.15, 0.2) is 32.6 Å². The van der Waals surface area contributed by atoms with Gasteiger partial charge in [0.1, 0.15) is 0 Å². The van der Waals surface area contributed by atoms with E-state index in [1.165, 1.54) is 24.3 Å². The van der Waals surface area contributed by atoms with Gasteiger partial charge in [-0.15, -0.1) is 0 Å². The molecule has 6 heteroatoms. The summed E-state index contributed by atoms with van der Waals surface area (Å²) in [6, 6.07) is 4.42. The summed E-state index contributed by atoms with van der Waals surface area (Å²) >= 11 is 3.53. The van der Waals surface area contributed by atoms with Gasteiger partial charge in [-0.25, -0.2) is 4.79 Å². The molecule has 0 spiro atoms. The van der Waals surface area contributed by atoms with Crippen molar-refractivity contribution in [2.45, 2.75) is 10.7 Å². The van der Waals surface area contributed by atoms with Gasteiger partial charge in [0.25, 0.3) is 5.76 Å². The average molecular weight is 280 g/mol. The van der Waals surface area contributed by atoms with E-state index in [4.69, 9.17) is 0 Å². The molecule has 1 rings (SSSR count). The Balaban J connectivity index is 2.95. The Morgan fingerprint density at radius 1 is 1.50 bits per heavy atom. The van der Waals surface area contributed by atoms with Gasteiger partial charge in [-0.2, -0.15) is 13.8 Å². The summed E-state index contributed by atoms with van der Waals surface area (Å²) in [4.78, 5) is 13.7. The molecule has 0 unspecified atom stereocenters. The second-order valence-electron chi connectivity index (χ2n) is 2.20. The molecule has 74 valence electrons. The topological polar surface area (TPSA) is 29.4 Å². The summed E-state index contributed by atoms with van der Waals surface area (Å²) in [5.74, 6) is -2.47. The third-order valence-corrected chi connectivity index (χ3v) is 3.01. The Hall–Kier alpha value is -0.710. The van der Waals surface area contributed by atoms with Gasteiger partial charge < -0.3 is 0 Å². The number of halogens is 3. The number of isocyanates is 1. The lowest BCUT2D eigenvalue weighted by atomic mass is 10.3. The van der Waals surface area contributed by atoms with E-state index in [-0.39, 0.29) is 0 Å². The molecular formula is C8H4BrF2NOS. The number of carbonyl (C=O) groups excluding carboxylic acids is 1. The molecular weight excluding hydrogens is 276 g/mol. The molecule has 0 aliphatic carbocycles. The summed E-state index contributed by atoms with van der Waals surface area (Å²) < 4.78 is 24.5. The smallest absolute Gasteiger partial charge is 0.211 e. The van der Waals surface area contributed by atoms with Crippen LogP contribution in [0.5, 0.6) is 0 Å². The molecule has 2 nitrogen and oxygen atoms in total. The average Bonchev–Trinajstić information content (AvgIpc) is 2.10. The Morgan fingerprint density at radius 3 is 2.71 bits per heavy atom. The van der Waals surface area contributed by atoms with Crippen LogP contribution in [0.4, 0.5) is 14.5 Å². The molecule has 0 atom stereocenters. The molecule has 0 aromatic heterocycles. The predicted octanol–water partition coefficient (Wildman–Crippen LogP) is 3.73. The van der Waals surface area contributed by atoms with E-state index in [9.17, 15) is 13.6 Å². The highest BCUT2D eigenvalue weighted by atomic mass is 79.9. The fourth-order valence-electron chi connectivity index (χ4n) is 0.804. The third-order valence-electron chi connectivity index (χ3n) is 1.31. The first-order valence-corrected chi connectivity index (χ1v) is 5.13. The second kappa shape index (κ2) is 5.24. The largest absolute Gasteiger partial charge is 0.288 e. The van der Waals surface area contributed by atoms with Crippen LogP contribution in [0, 0.1) is 0 Å². The normalized spacial score (nSPS) is 10.0. The van der Waals surface area contributed by atoms with Crippen molar-refractivity contribution < 1.29 is 13.6 Å². The van der Waals surface area contributed by atoms with E-state index in [2.05, 4.69) is 20.9 Å². The first-order valence-electron chi connectivity index (χ1n) is 3.45. The van der Waals surface area contributed by atoms with E-state index in [1.54, 1.807) is 0 Å². The van der Waals surface area contributed by atoms with Crippen molar-refractivity contribution in [1.29, 1.82) is 0 Å². The standard InChI is InChI=1S/C8H4BrF2NOS/c9-6-3-5(12-4-13)1-2-7(6)14-8(10)11/h1-3,8H. The number of alkyl halides is 2. The van der Waals surface area contributed by atoms with Crippen molar-refractivity contribution in [1.82, 2.24) is 0 Å². The first kappa shape index (κ1) is 11.4. The van der Waals surface area contributed by atoms with E-state index >= 15 is 0 Å². The monoisotopic (exact) mass is 279 g/mol. The maximum Gasteiger partial charge on any atom is 0.288 e. The SMILES string of the molecule is O=C=Nc1ccc(SC(F)F)c(Br)c1. The Labute approximate surface area is 91.5 Å². The number of thioether (sulfide) groups is 1. The molecule has 0 aliphatic heterocycles. The van der Waals surface area contributed by atoms with Crippen LogP contribution in [0.3, 0.4) is 0 Å². The Bertz CT molecular complexity index is 380. The van der Waals surface area contributed by atoms with Gasteiger partial charge in [0, 0.05) is 9.37 Å². The van der Waals surface area contributed by atoms with Gasteiger partial charge in [-0.05, 0) is 34.1 Å². The van der Waals surface area contributed by atoms with Crippen molar-refractivity contribution in [3.8, 4) is 0 Å². The molecule has 0 fully saturated rings. The molecule has 0 bridgehead atoms. The zero-order chi connectivity index (χ0) is 10.6. The fourth-order valence-corrected chi connectivity index (χ4v) is 1.96. The second-order valence-corrected chi connectivity index (χ2v) is 4.08. The Morgan fingerprint density at radius 2 is 2.21 bits per heavy atom. The van der Waals surface area contributed by atoms with Crippen LogP contribution in [-0.4, -0.2) is 11.8 Å². The lowest BCUT2D eigenvalue weighted by molar-refractivity contribution is 0.252. The molecule has 0 heterocycles. The van der Waals surface area contributed by atoms with Gasteiger partial charge >= 0.3 is 0 Å². The predicted molar refractivity (Wildman–Crippen MR) is 53.8 cm³/mol. The number of rotatable bonds is 3. The molecule has 0 aliphatic rings. The lowest BCUT2D eigenvalue weighted by Gasteiger charge is -2.02. The maximum atomic E-state index is 12.0. The van der Waals surface area contributed by atoms with Crippen LogP contribution in [-0.2, 0) is 4.79 Å². The molecule has 0 saturated carbocycles. The number of aliphatic imine (C=N–C) groups is 1. The quantitative estimate of drug-likeness (QED) is 0.479. The molecule has 14 heavy (non-hydrogen) atoms. The molecule has 1 aromatic carbocycles.